The number of hydrogen-bond donors (Lipinski definition) is 1. The molecule has 0 saturated heterocycles. The molecule has 2 aromatic heterocycles. The second-order valence-corrected chi connectivity index (χ2v) is 5.28. The molecule has 0 fully saturated rings. The molecule has 0 unspecified atom stereocenters. The topological polar surface area (TPSA) is 76.9 Å². The van der Waals surface area contributed by atoms with Gasteiger partial charge in [-0.25, -0.2) is 4.98 Å². The van der Waals surface area contributed by atoms with Gasteiger partial charge >= 0.3 is 0 Å². The third kappa shape index (κ3) is 2.70. The van der Waals surface area contributed by atoms with E-state index in [0.717, 1.165) is 5.56 Å². The molecule has 0 spiro atoms. The Balaban J connectivity index is 2.22. The zero-order valence-corrected chi connectivity index (χ0v) is 12.0. The first-order chi connectivity index (χ1) is 8.88. The monoisotopic (exact) mass is 278 g/mol. The molecule has 0 aromatic carbocycles. The molecule has 19 heavy (non-hydrogen) atoms. The molecule has 2 rings (SSSR count). The lowest BCUT2D eigenvalue weighted by molar-refractivity contribution is 0.101. The fraction of sp³-hybridized carbons (Fsp3) is 0.333. The maximum atomic E-state index is 12.0. The zero-order chi connectivity index (χ0) is 14.2. The summed E-state index contributed by atoms with van der Waals surface area (Å²) >= 11 is 1.18. The van der Waals surface area contributed by atoms with Gasteiger partial charge in [-0.15, -0.1) is 0 Å². The van der Waals surface area contributed by atoms with E-state index in [4.69, 9.17) is 0 Å². The molecular formula is C12H14N4O2S. The van der Waals surface area contributed by atoms with E-state index in [1.807, 2.05) is 6.92 Å². The third-order valence-corrected chi connectivity index (χ3v) is 3.74. The predicted molar refractivity (Wildman–Crippen MR) is 72.8 cm³/mol. The van der Waals surface area contributed by atoms with Crippen molar-refractivity contribution in [2.24, 2.45) is 7.05 Å². The summed E-state index contributed by atoms with van der Waals surface area (Å²) in [7, 11) is 1.76. The average Bonchev–Trinajstić information content (AvgIpc) is 2.81. The molecule has 0 saturated carbocycles. The summed E-state index contributed by atoms with van der Waals surface area (Å²) in [6, 6.07) is 0. The van der Waals surface area contributed by atoms with Crippen LogP contribution in [-0.4, -0.2) is 26.5 Å². The van der Waals surface area contributed by atoms with E-state index < -0.39 is 0 Å². The summed E-state index contributed by atoms with van der Waals surface area (Å²) in [5.74, 6) is -0.369. The first kappa shape index (κ1) is 13.4. The van der Waals surface area contributed by atoms with Crippen LogP contribution in [-0.2, 0) is 7.05 Å². The molecule has 1 amide bonds. The minimum atomic E-state index is -0.318. The molecular weight excluding hydrogens is 264 g/mol. The number of thiazole rings is 1. The molecule has 7 heteroatoms. The molecule has 100 valence electrons. The van der Waals surface area contributed by atoms with Crippen molar-refractivity contribution in [3.05, 3.63) is 28.0 Å². The standard InChI is InChI=1S/C12H14N4O2S/c1-6-5-16(4)15-9(6)11(18)14-12-13-7(2)10(19-12)8(3)17/h5H,1-4H3,(H,13,14,18). The first-order valence-electron chi connectivity index (χ1n) is 5.68. The van der Waals surface area contributed by atoms with Crippen molar-refractivity contribution in [1.82, 2.24) is 14.8 Å². The number of carbonyl (C=O) groups is 2. The van der Waals surface area contributed by atoms with Crippen molar-refractivity contribution in [2.75, 3.05) is 5.32 Å². The van der Waals surface area contributed by atoms with Gasteiger partial charge in [0, 0.05) is 25.7 Å². The highest BCUT2D eigenvalue weighted by Crippen LogP contribution is 2.23. The molecule has 0 aliphatic rings. The summed E-state index contributed by atoms with van der Waals surface area (Å²) < 4.78 is 1.58. The Morgan fingerprint density at radius 3 is 2.53 bits per heavy atom. The lowest BCUT2D eigenvalue weighted by atomic mass is 10.3. The molecule has 0 radical (unpaired) electrons. The summed E-state index contributed by atoms with van der Waals surface area (Å²) in [5, 5.41) is 7.17. The number of anilines is 1. The van der Waals surface area contributed by atoms with Crippen LogP contribution >= 0.6 is 11.3 Å². The van der Waals surface area contributed by atoms with Crippen LogP contribution in [0.1, 0.15) is 38.3 Å². The summed E-state index contributed by atoms with van der Waals surface area (Å²) in [4.78, 5) is 28.1. The first-order valence-corrected chi connectivity index (χ1v) is 6.50. The second kappa shape index (κ2) is 4.93. The van der Waals surface area contributed by atoms with Crippen LogP contribution in [0.4, 0.5) is 5.13 Å². The molecule has 0 aliphatic heterocycles. The Bertz CT molecular complexity index is 657. The number of nitrogens with zero attached hydrogens (tertiary/aromatic N) is 3. The highest BCUT2D eigenvalue weighted by Gasteiger charge is 2.17. The highest BCUT2D eigenvalue weighted by molar-refractivity contribution is 7.17. The summed E-state index contributed by atoms with van der Waals surface area (Å²) in [6.07, 6.45) is 1.77. The Kier molecular flexibility index (Phi) is 3.48. The lowest BCUT2D eigenvalue weighted by Gasteiger charge is -1.98. The van der Waals surface area contributed by atoms with Crippen molar-refractivity contribution in [1.29, 1.82) is 0 Å². The number of carbonyl (C=O) groups excluding carboxylic acids is 2. The van der Waals surface area contributed by atoms with Crippen LogP contribution in [0, 0.1) is 13.8 Å². The maximum Gasteiger partial charge on any atom is 0.278 e. The van der Waals surface area contributed by atoms with E-state index in [2.05, 4.69) is 15.4 Å². The molecule has 0 atom stereocenters. The number of aryl methyl sites for hydroxylation is 3. The van der Waals surface area contributed by atoms with Crippen LogP contribution in [0.15, 0.2) is 6.20 Å². The van der Waals surface area contributed by atoms with Crippen LogP contribution in [0.3, 0.4) is 0 Å². The van der Waals surface area contributed by atoms with E-state index >= 15 is 0 Å². The van der Waals surface area contributed by atoms with Gasteiger partial charge in [0.15, 0.2) is 16.6 Å². The SMILES string of the molecule is CC(=O)c1sc(NC(=O)c2nn(C)cc2C)nc1C. The maximum absolute atomic E-state index is 12.0. The molecule has 6 nitrogen and oxygen atoms in total. The Morgan fingerprint density at radius 1 is 1.37 bits per heavy atom. The summed E-state index contributed by atoms with van der Waals surface area (Å²) in [6.45, 7) is 5.04. The van der Waals surface area contributed by atoms with Crippen molar-refractivity contribution < 1.29 is 9.59 Å². The average molecular weight is 278 g/mol. The molecule has 0 aliphatic carbocycles. The highest BCUT2D eigenvalue weighted by atomic mass is 32.1. The Labute approximate surface area is 114 Å². The number of aromatic nitrogens is 3. The zero-order valence-electron chi connectivity index (χ0n) is 11.1. The fourth-order valence-corrected chi connectivity index (χ4v) is 2.62. The van der Waals surface area contributed by atoms with Crippen molar-refractivity contribution >= 4 is 28.2 Å². The number of amides is 1. The minimum Gasteiger partial charge on any atom is -0.296 e. The van der Waals surface area contributed by atoms with Gasteiger partial charge in [-0.05, 0) is 13.8 Å². The smallest absolute Gasteiger partial charge is 0.278 e. The number of ketones is 1. The van der Waals surface area contributed by atoms with E-state index in [1.54, 1.807) is 24.9 Å². The van der Waals surface area contributed by atoms with Crippen LogP contribution in [0.25, 0.3) is 0 Å². The van der Waals surface area contributed by atoms with E-state index in [-0.39, 0.29) is 11.7 Å². The normalized spacial score (nSPS) is 10.5. The van der Waals surface area contributed by atoms with Gasteiger partial charge < -0.3 is 0 Å². The van der Waals surface area contributed by atoms with Crippen LogP contribution in [0.2, 0.25) is 0 Å². The van der Waals surface area contributed by atoms with E-state index in [9.17, 15) is 9.59 Å². The largest absolute Gasteiger partial charge is 0.296 e. The number of rotatable bonds is 3. The van der Waals surface area contributed by atoms with Gasteiger partial charge in [0.25, 0.3) is 5.91 Å². The van der Waals surface area contributed by atoms with E-state index in [0.29, 0.717) is 21.4 Å². The Morgan fingerprint density at radius 2 is 2.05 bits per heavy atom. The van der Waals surface area contributed by atoms with Crippen LogP contribution < -0.4 is 5.32 Å². The van der Waals surface area contributed by atoms with Gasteiger partial charge in [-0.3, -0.25) is 19.6 Å². The number of nitrogens with one attached hydrogen (secondary N) is 1. The van der Waals surface area contributed by atoms with Gasteiger partial charge in [-0.2, -0.15) is 5.10 Å². The Hall–Kier alpha value is -2.02. The van der Waals surface area contributed by atoms with Crippen molar-refractivity contribution in [3.63, 3.8) is 0 Å². The molecule has 0 bridgehead atoms. The van der Waals surface area contributed by atoms with Gasteiger partial charge in [0.2, 0.25) is 0 Å². The van der Waals surface area contributed by atoms with Crippen LogP contribution in [0.5, 0.6) is 0 Å². The quantitative estimate of drug-likeness (QED) is 0.870. The van der Waals surface area contributed by atoms with E-state index in [1.165, 1.54) is 18.3 Å². The third-order valence-electron chi connectivity index (χ3n) is 2.56. The van der Waals surface area contributed by atoms with Gasteiger partial charge in [0.1, 0.15) is 0 Å². The van der Waals surface area contributed by atoms with Gasteiger partial charge in [-0.1, -0.05) is 11.3 Å². The second-order valence-electron chi connectivity index (χ2n) is 4.28. The molecule has 1 N–H and O–H groups in total. The number of hydrogen-bond acceptors (Lipinski definition) is 5. The predicted octanol–water partition coefficient (Wildman–Crippen LogP) is 1.95. The van der Waals surface area contributed by atoms with Crippen molar-refractivity contribution in [2.45, 2.75) is 20.8 Å². The summed E-state index contributed by atoms with van der Waals surface area (Å²) in [5.41, 5.74) is 1.78. The molecule has 2 aromatic rings. The fourth-order valence-electron chi connectivity index (χ4n) is 1.76. The number of Topliss-reactive ketones (excluding diaryl/α,β-unsaturated/α-hetero) is 1. The van der Waals surface area contributed by atoms with Crippen molar-refractivity contribution in [3.8, 4) is 0 Å². The minimum absolute atomic E-state index is 0.0514. The lowest BCUT2D eigenvalue weighted by Crippen LogP contribution is -2.14. The van der Waals surface area contributed by atoms with Gasteiger partial charge in [0.05, 0.1) is 10.6 Å². The molecule has 2 heterocycles.